The summed E-state index contributed by atoms with van der Waals surface area (Å²) in [6.45, 7) is 0.248. The molecule has 0 bridgehead atoms. The van der Waals surface area contributed by atoms with Gasteiger partial charge in [0.05, 0.1) is 6.54 Å². The number of hydrogen-bond donors (Lipinski definition) is 2. The fourth-order valence-electron chi connectivity index (χ4n) is 0.883. The number of benzene rings is 1. The summed E-state index contributed by atoms with van der Waals surface area (Å²) < 4.78 is 5.14. The molecule has 0 saturated carbocycles. The molecule has 0 radical (unpaired) electrons. The summed E-state index contributed by atoms with van der Waals surface area (Å²) in [5, 5.41) is 18.3. The molecule has 0 heterocycles. The van der Waals surface area contributed by atoms with Gasteiger partial charge in [-0.1, -0.05) is 6.07 Å². The third-order valence-corrected chi connectivity index (χ3v) is 1.53. The number of hydroxylamine groups is 2. The van der Waals surface area contributed by atoms with Gasteiger partial charge in [-0.05, 0) is 12.1 Å². The summed E-state index contributed by atoms with van der Waals surface area (Å²) in [7, 11) is 0. The number of rotatable bonds is 5. The number of phenols is 1. The van der Waals surface area contributed by atoms with Crippen LogP contribution in [-0.2, 0) is 4.79 Å². The van der Waals surface area contributed by atoms with E-state index in [1.54, 1.807) is 12.1 Å². The van der Waals surface area contributed by atoms with Crippen molar-refractivity contribution in [2.75, 3.05) is 13.2 Å². The molecule has 5 heteroatoms. The zero-order valence-corrected chi connectivity index (χ0v) is 7.46. The van der Waals surface area contributed by atoms with Crippen LogP contribution in [0, 0.1) is 0 Å². The van der Waals surface area contributed by atoms with E-state index in [4.69, 9.17) is 15.1 Å². The van der Waals surface area contributed by atoms with Crippen LogP contribution in [0.25, 0.3) is 0 Å². The predicted molar refractivity (Wildman–Crippen MR) is 48.2 cm³/mol. The molecule has 0 unspecified atom stereocenters. The van der Waals surface area contributed by atoms with E-state index in [1.165, 1.54) is 12.1 Å². The number of carbonyl (C=O) groups is 1. The molecular weight excluding hydrogens is 186 g/mol. The Labute approximate surface area is 81.1 Å². The van der Waals surface area contributed by atoms with Gasteiger partial charge in [0, 0.05) is 6.07 Å². The molecule has 0 spiro atoms. The summed E-state index contributed by atoms with van der Waals surface area (Å²) in [6.07, 6.45) is 0.297. The van der Waals surface area contributed by atoms with E-state index in [9.17, 15) is 4.79 Å². The molecule has 0 fully saturated rings. The average molecular weight is 197 g/mol. The fraction of sp³-hybridized carbons (Fsp3) is 0.222. The number of nitrogens with zero attached hydrogens (tertiary/aromatic N) is 1. The molecule has 0 aliphatic heterocycles. The zero-order valence-electron chi connectivity index (χ0n) is 7.46. The highest BCUT2D eigenvalue weighted by atomic mass is 16.5. The minimum Gasteiger partial charge on any atom is -0.508 e. The monoisotopic (exact) mass is 197 g/mol. The lowest BCUT2D eigenvalue weighted by Gasteiger charge is -2.09. The highest BCUT2D eigenvalue weighted by Gasteiger charge is 1.97. The minimum absolute atomic E-state index is 0.0825. The predicted octanol–water partition coefficient (Wildman–Crippen LogP) is 0.619. The van der Waals surface area contributed by atoms with Crippen LogP contribution in [-0.4, -0.2) is 34.9 Å². The van der Waals surface area contributed by atoms with Crippen molar-refractivity contribution in [3.63, 3.8) is 0 Å². The topological polar surface area (TPSA) is 70.0 Å². The van der Waals surface area contributed by atoms with Crippen molar-refractivity contribution in [2.24, 2.45) is 0 Å². The number of phenolic OH excluding ortho intramolecular Hbond substituents is 1. The second kappa shape index (κ2) is 5.08. The molecule has 14 heavy (non-hydrogen) atoms. The summed E-state index contributed by atoms with van der Waals surface area (Å²) >= 11 is 0. The Morgan fingerprint density at radius 3 is 2.93 bits per heavy atom. The van der Waals surface area contributed by atoms with E-state index < -0.39 is 0 Å². The van der Waals surface area contributed by atoms with Gasteiger partial charge in [0.25, 0.3) is 0 Å². The van der Waals surface area contributed by atoms with Crippen molar-refractivity contribution in [1.29, 1.82) is 0 Å². The van der Waals surface area contributed by atoms with Crippen LogP contribution in [0.1, 0.15) is 0 Å². The number of hydrogen-bond acceptors (Lipinski definition) is 4. The second-order valence-corrected chi connectivity index (χ2v) is 2.61. The maximum absolute atomic E-state index is 9.98. The van der Waals surface area contributed by atoms with Gasteiger partial charge in [-0.15, -0.1) is 0 Å². The van der Waals surface area contributed by atoms with Crippen LogP contribution < -0.4 is 4.74 Å². The summed E-state index contributed by atoms with van der Waals surface area (Å²) in [5.74, 6) is 0.600. The quantitative estimate of drug-likeness (QED) is 0.412. The second-order valence-electron chi connectivity index (χ2n) is 2.61. The highest BCUT2D eigenvalue weighted by Crippen LogP contribution is 2.17. The van der Waals surface area contributed by atoms with Crippen molar-refractivity contribution >= 4 is 6.41 Å². The lowest BCUT2D eigenvalue weighted by molar-refractivity contribution is -0.150. The van der Waals surface area contributed by atoms with Crippen LogP contribution in [0.15, 0.2) is 24.3 Å². The maximum atomic E-state index is 9.98. The first-order chi connectivity index (χ1) is 6.72. The van der Waals surface area contributed by atoms with Gasteiger partial charge in [-0.3, -0.25) is 10.0 Å². The molecule has 0 aromatic heterocycles. The highest BCUT2D eigenvalue weighted by molar-refractivity contribution is 5.44. The van der Waals surface area contributed by atoms with Gasteiger partial charge in [0.2, 0.25) is 6.41 Å². The van der Waals surface area contributed by atoms with Gasteiger partial charge in [-0.2, -0.15) is 0 Å². The molecule has 1 aromatic carbocycles. The number of carbonyl (C=O) groups excluding carboxylic acids is 1. The molecular formula is C9H11NO4. The van der Waals surface area contributed by atoms with E-state index in [1.807, 2.05) is 0 Å². The largest absolute Gasteiger partial charge is 0.508 e. The van der Waals surface area contributed by atoms with E-state index >= 15 is 0 Å². The van der Waals surface area contributed by atoms with Gasteiger partial charge in [0.15, 0.2) is 0 Å². The lowest BCUT2D eigenvalue weighted by Crippen LogP contribution is -2.23. The van der Waals surface area contributed by atoms with Crippen molar-refractivity contribution in [1.82, 2.24) is 5.06 Å². The first-order valence-corrected chi connectivity index (χ1v) is 4.05. The molecule has 0 saturated heterocycles. The zero-order chi connectivity index (χ0) is 10.4. The SMILES string of the molecule is O=CN(O)CCOc1cccc(O)c1. The Kier molecular flexibility index (Phi) is 3.75. The van der Waals surface area contributed by atoms with Gasteiger partial charge in [-0.25, -0.2) is 5.06 Å². The Morgan fingerprint density at radius 2 is 2.29 bits per heavy atom. The fourth-order valence-corrected chi connectivity index (χ4v) is 0.883. The van der Waals surface area contributed by atoms with Crippen molar-refractivity contribution in [3.8, 4) is 11.5 Å². The number of aromatic hydroxyl groups is 1. The third kappa shape index (κ3) is 3.32. The smallest absolute Gasteiger partial charge is 0.233 e. The van der Waals surface area contributed by atoms with Crippen LogP contribution in [0.2, 0.25) is 0 Å². The average Bonchev–Trinajstić information content (AvgIpc) is 2.17. The maximum Gasteiger partial charge on any atom is 0.233 e. The van der Waals surface area contributed by atoms with Crippen LogP contribution in [0.4, 0.5) is 0 Å². The first kappa shape index (κ1) is 10.3. The molecule has 1 rings (SSSR count). The molecule has 1 amide bonds. The normalized spacial score (nSPS) is 9.50. The van der Waals surface area contributed by atoms with Crippen LogP contribution in [0.5, 0.6) is 11.5 Å². The van der Waals surface area contributed by atoms with Gasteiger partial charge >= 0.3 is 0 Å². The Hall–Kier alpha value is -1.75. The summed E-state index contributed by atoms with van der Waals surface area (Å²) in [4.78, 5) is 9.98. The van der Waals surface area contributed by atoms with Gasteiger partial charge in [0.1, 0.15) is 18.1 Å². The molecule has 2 N–H and O–H groups in total. The Bertz CT molecular complexity index is 303. The van der Waals surface area contributed by atoms with Crippen molar-refractivity contribution in [3.05, 3.63) is 24.3 Å². The molecule has 0 aliphatic rings. The minimum atomic E-state index is 0.0825. The number of ether oxygens (including phenoxy) is 1. The van der Waals surface area contributed by atoms with E-state index in [0.29, 0.717) is 17.2 Å². The first-order valence-electron chi connectivity index (χ1n) is 4.05. The molecule has 0 aliphatic carbocycles. The Balaban J connectivity index is 2.34. The summed E-state index contributed by atoms with van der Waals surface area (Å²) in [5.41, 5.74) is 0. The number of amides is 1. The van der Waals surface area contributed by atoms with E-state index in [2.05, 4.69) is 0 Å². The van der Waals surface area contributed by atoms with E-state index in [-0.39, 0.29) is 18.9 Å². The van der Waals surface area contributed by atoms with E-state index in [0.717, 1.165) is 0 Å². The standard InChI is InChI=1S/C9H11NO4/c11-7-10(13)4-5-14-9-3-1-2-8(12)6-9/h1-3,6-7,12-13H,4-5H2. The third-order valence-electron chi connectivity index (χ3n) is 1.53. The van der Waals surface area contributed by atoms with Crippen molar-refractivity contribution in [2.45, 2.75) is 0 Å². The molecule has 5 nitrogen and oxygen atoms in total. The Morgan fingerprint density at radius 1 is 1.50 bits per heavy atom. The molecule has 0 atom stereocenters. The molecule has 76 valence electrons. The van der Waals surface area contributed by atoms with Crippen molar-refractivity contribution < 1.29 is 19.8 Å². The van der Waals surface area contributed by atoms with Crippen LogP contribution >= 0.6 is 0 Å². The lowest BCUT2D eigenvalue weighted by atomic mass is 10.3. The van der Waals surface area contributed by atoms with Crippen LogP contribution in [0.3, 0.4) is 0 Å². The summed E-state index contributed by atoms with van der Waals surface area (Å²) in [6, 6.07) is 6.28. The molecule has 1 aromatic rings. The van der Waals surface area contributed by atoms with Gasteiger partial charge < -0.3 is 9.84 Å².